The molecule has 2 rings (SSSR count). The molecule has 1 aromatic heterocycles. The van der Waals surface area contributed by atoms with Crippen molar-refractivity contribution in [3.8, 4) is 0 Å². The maximum Gasteiger partial charge on any atom is 0.255 e. The van der Waals surface area contributed by atoms with Crippen LogP contribution in [0.15, 0.2) is 0 Å². The summed E-state index contributed by atoms with van der Waals surface area (Å²) < 4.78 is 5.27. The lowest BCUT2D eigenvalue weighted by atomic mass is 10.2. The van der Waals surface area contributed by atoms with E-state index >= 15 is 0 Å². The summed E-state index contributed by atoms with van der Waals surface area (Å²) in [6.45, 7) is 3.91. The molecular weight excluding hydrogens is 240 g/mol. The minimum Gasteiger partial charge on any atom is -0.368 e. The Labute approximate surface area is 103 Å². The van der Waals surface area contributed by atoms with Crippen molar-refractivity contribution in [1.29, 1.82) is 0 Å². The van der Waals surface area contributed by atoms with Gasteiger partial charge in [0, 0.05) is 18.4 Å². The average Bonchev–Trinajstić information content (AvgIpc) is 2.86. The molecule has 0 radical (unpaired) electrons. The fourth-order valence-electron chi connectivity index (χ4n) is 1.75. The molecule has 6 heteroatoms. The molecule has 1 fully saturated rings. The molecule has 0 aliphatic carbocycles. The van der Waals surface area contributed by atoms with Gasteiger partial charge in [-0.25, -0.2) is 4.98 Å². The van der Waals surface area contributed by atoms with E-state index in [1.165, 1.54) is 18.3 Å². The Balaban J connectivity index is 2.05. The summed E-state index contributed by atoms with van der Waals surface area (Å²) in [4.78, 5) is 27.9. The quantitative estimate of drug-likeness (QED) is 0.835. The molecule has 92 valence electrons. The van der Waals surface area contributed by atoms with Gasteiger partial charge in [-0.2, -0.15) is 0 Å². The van der Waals surface area contributed by atoms with Crippen LogP contribution in [0.5, 0.6) is 0 Å². The van der Waals surface area contributed by atoms with Gasteiger partial charge in [-0.1, -0.05) is 0 Å². The zero-order valence-corrected chi connectivity index (χ0v) is 10.6. The highest BCUT2D eigenvalue weighted by atomic mass is 32.1. The van der Waals surface area contributed by atoms with Crippen molar-refractivity contribution >= 4 is 28.2 Å². The molecule has 2 heterocycles. The number of carbonyl (C=O) groups is 2. The minimum atomic E-state index is -0.375. The van der Waals surface area contributed by atoms with Crippen LogP contribution in [0.4, 0.5) is 5.13 Å². The van der Waals surface area contributed by atoms with Crippen LogP contribution in [0.3, 0.4) is 0 Å². The van der Waals surface area contributed by atoms with Gasteiger partial charge in [0.05, 0.1) is 0 Å². The number of aryl methyl sites for hydroxylation is 1. The lowest BCUT2D eigenvalue weighted by molar-refractivity contribution is -0.124. The van der Waals surface area contributed by atoms with Crippen LogP contribution in [0.2, 0.25) is 0 Å². The van der Waals surface area contributed by atoms with Crippen LogP contribution in [0, 0.1) is 6.92 Å². The first-order chi connectivity index (χ1) is 8.08. The van der Waals surface area contributed by atoms with Gasteiger partial charge in [-0.3, -0.25) is 14.9 Å². The van der Waals surface area contributed by atoms with E-state index < -0.39 is 0 Å². The van der Waals surface area contributed by atoms with E-state index in [-0.39, 0.29) is 17.8 Å². The smallest absolute Gasteiger partial charge is 0.255 e. The van der Waals surface area contributed by atoms with Crippen LogP contribution in [-0.2, 0) is 9.53 Å². The summed E-state index contributed by atoms with van der Waals surface area (Å²) >= 11 is 1.31. The highest BCUT2D eigenvalue weighted by molar-refractivity contribution is 7.16. The Morgan fingerprint density at radius 1 is 1.53 bits per heavy atom. The average molecular weight is 254 g/mol. The van der Waals surface area contributed by atoms with Gasteiger partial charge < -0.3 is 4.74 Å². The van der Waals surface area contributed by atoms with Crippen LogP contribution in [-0.4, -0.2) is 29.4 Å². The van der Waals surface area contributed by atoms with Crippen molar-refractivity contribution in [2.45, 2.75) is 32.8 Å². The molecule has 1 N–H and O–H groups in total. The first-order valence-electron chi connectivity index (χ1n) is 5.49. The van der Waals surface area contributed by atoms with E-state index in [1.54, 1.807) is 0 Å². The van der Waals surface area contributed by atoms with Crippen LogP contribution < -0.4 is 5.32 Å². The Morgan fingerprint density at radius 2 is 2.29 bits per heavy atom. The highest BCUT2D eigenvalue weighted by Gasteiger charge is 2.24. The van der Waals surface area contributed by atoms with E-state index in [9.17, 15) is 9.59 Å². The van der Waals surface area contributed by atoms with E-state index in [2.05, 4.69) is 10.3 Å². The number of anilines is 1. The number of Topliss-reactive ketones (excluding diaryl/α,β-unsaturated/α-hetero) is 1. The zero-order valence-electron chi connectivity index (χ0n) is 9.78. The number of nitrogens with zero attached hydrogens (tertiary/aromatic N) is 1. The standard InChI is InChI=1S/C11H14N2O3S/c1-6(14)9-7(2)17-11(12-9)13-10(15)8-4-3-5-16-8/h8H,3-5H2,1-2H3,(H,12,13,15)/t8-/m1/s1. The molecule has 1 saturated heterocycles. The number of hydrogen-bond donors (Lipinski definition) is 1. The van der Waals surface area contributed by atoms with Gasteiger partial charge in [-0.05, 0) is 19.8 Å². The van der Waals surface area contributed by atoms with Crippen LogP contribution in [0.25, 0.3) is 0 Å². The van der Waals surface area contributed by atoms with E-state index in [0.29, 0.717) is 17.4 Å². The van der Waals surface area contributed by atoms with Crippen molar-refractivity contribution in [2.24, 2.45) is 0 Å². The molecule has 0 bridgehead atoms. The number of nitrogens with one attached hydrogen (secondary N) is 1. The summed E-state index contributed by atoms with van der Waals surface area (Å²) in [5.41, 5.74) is 0.428. The number of thiazole rings is 1. The largest absolute Gasteiger partial charge is 0.368 e. The number of carbonyl (C=O) groups excluding carboxylic acids is 2. The van der Waals surface area contributed by atoms with Crippen LogP contribution in [0.1, 0.15) is 35.1 Å². The number of ketones is 1. The van der Waals surface area contributed by atoms with Crippen LogP contribution >= 0.6 is 11.3 Å². The second kappa shape index (κ2) is 4.93. The summed E-state index contributed by atoms with van der Waals surface area (Å²) in [6.07, 6.45) is 1.28. The van der Waals surface area contributed by atoms with Crippen molar-refractivity contribution in [3.63, 3.8) is 0 Å². The number of amides is 1. The van der Waals surface area contributed by atoms with Gasteiger partial charge in [0.25, 0.3) is 5.91 Å². The summed E-state index contributed by atoms with van der Waals surface area (Å²) in [6, 6.07) is 0. The summed E-state index contributed by atoms with van der Waals surface area (Å²) in [7, 11) is 0. The Kier molecular flexibility index (Phi) is 3.54. The van der Waals surface area contributed by atoms with Crippen molar-refractivity contribution in [2.75, 3.05) is 11.9 Å². The third-order valence-corrected chi connectivity index (χ3v) is 3.47. The van der Waals surface area contributed by atoms with Gasteiger partial charge in [-0.15, -0.1) is 11.3 Å². The lowest BCUT2D eigenvalue weighted by Gasteiger charge is -2.07. The van der Waals surface area contributed by atoms with Gasteiger partial charge >= 0.3 is 0 Å². The molecule has 1 aromatic rings. The molecule has 0 spiro atoms. The molecule has 17 heavy (non-hydrogen) atoms. The van der Waals surface area contributed by atoms with Crippen molar-refractivity contribution in [3.05, 3.63) is 10.6 Å². The third-order valence-electron chi connectivity index (χ3n) is 2.58. The van der Waals surface area contributed by atoms with Gasteiger partial charge in [0.2, 0.25) is 0 Å². The predicted molar refractivity (Wildman–Crippen MR) is 64.5 cm³/mol. The Hall–Kier alpha value is -1.27. The fraction of sp³-hybridized carbons (Fsp3) is 0.545. The summed E-state index contributed by atoms with van der Waals surface area (Å²) in [5, 5.41) is 3.16. The molecule has 1 aliphatic rings. The lowest BCUT2D eigenvalue weighted by Crippen LogP contribution is -2.26. The Morgan fingerprint density at radius 3 is 2.82 bits per heavy atom. The van der Waals surface area contributed by atoms with Crippen molar-refractivity contribution in [1.82, 2.24) is 4.98 Å². The van der Waals surface area contributed by atoms with E-state index in [1.807, 2.05) is 6.92 Å². The number of hydrogen-bond acceptors (Lipinski definition) is 5. The first kappa shape index (κ1) is 12.2. The number of aromatic nitrogens is 1. The van der Waals surface area contributed by atoms with E-state index in [4.69, 9.17) is 4.74 Å². The monoisotopic (exact) mass is 254 g/mol. The van der Waals surface area contributed by atoms with Gasteiger partial charge in [0.15, 0.2) is 10.9 Å². The number of ether oxygens (including phenoxy) is 1. The molecule has 0 aromatic carbocycles. The molecular formula is C11H14N2O3S. The normalized spacial score (nSPS) is 19.3. The fourth-order valence-corrected chi connectivity index (χ4v) is 2.61. The minimum absolute atomic E-state index is 0.0867. The first-order valence-corrected chi connectivity index (χ1v) is 6.30. The molecule has 1 aliphatic heterocycles. The van der Waals surface area contributed by atoms with Crippen molar-refractivity contribution < 1.29 is 14.3 Å². The molecule has 5 nitrogen and oxygen atoms in total. The predicted octanol–water partition coefficient (Wildman–Crippen LogP) is 1.77. The molecule has 0 unspecified atom stereocenters. The second-order valence-corrected chi connectivity index (χ2v) is 5.17. The molecule has 0 saturated carbocycles. The van der Waals surface area contributed by atoms with Gasteiger partial charge in [0.1, 0.15) is 11.8 Å². The number of rotatable bonds is 3. The highest BCUT2D eigenvalue weighted by Crippen LogP contribution is 2.23. The third kappa shape index (κ3) is 2.70. The maximum absolute atomic E-state index is 11.8. The van der Waals surface area contributed by atoms with E-state index in [0.717, 1.165) is 17.7 Å². The summed E-state index contributed by atoms with van der Waals surface area (Å²) in [5.74, 6) is -0.261. The molecule has 1 atom stereocenters. The SMILES string of the molecule is CC(=O)c1nc(NC(=O)[C@H]2CCCO2)sc1C. The topological polar surface area (TPSA) is 68.3 Å². The Bertz CT molecular complexity index is 450. The maximum atomic E-state index is 11.8. The zero-order chi connectivity index (χ0) is 12.4. The molecule has 1 amide bonds. The second-order valence-electron chi connectivity index (χ2n) is 3.97.